The van der Waals surface area contributed by atoms with Gasteiger partial charge in [-0.25, -0.2) is 14.5 Å². The minimum atomic E-state index is -4.67. The van der Waals surface area contributed by atoms with Crippen LogP contribution in [0.15, 0.2) is 35.1 Å². The molecule has 1 amide bonds. The molecule has 11 nitrogen and oxygen atoms in total. The Kier molecular flexibility index (Phi) is 6.49. The molecule has 212 valence electrons. The minimum absolute atomic E-state index is 0.151. The first-order chi connectivity index (χ1) is 19.4. The van der Waals surface area contributed by atoms with Crippen LogP contribution in [-0.2, 0) is 4.74 Å². The maximum atomic E-state index is 13.3. The minimum Gasteiger partial charge on any atom is -0.368 e. The molecule has 5 aromatic rings. The Morgan fingerprint density at radius 3 is 2.61 bits per heavy atom. The summed E-state index contributed by atoms with van der Waals surface area (Å²) in [7, 11) is 0. The van der Waals surface area contributed by atoms with Crippen molar-refractivity contribution in [2.24, 2.45) is 0 Å². The first-order valence-electron chi connectivity index (χ1n) is 12.5. The summed E-state index contributed by atoms with van der Waals surface area (Å²) in [6.45, 7) is 5.55. The summed E-state index contributed by atoms with van der Waals surface area (Å²) in [4.78, 5) is 27.7. The summed E-state index contributed by atoms with van der Waals surface area (Å²) in [6.07, 6.45) is -2.02. The fourth-order valence-corrected chi connectivity index (χ4v) is 5.83. The van der Waals surface area contributed by atoms with Crippen LogP contribution in [0.25, 0.3) is 27.3 Å². The molecule has 0 aliphatic heterocycles. The molecule has 15 heteroatoms. The number of fused-ring (bicyclic) bond motifs is 1. The molecular weight excluding hydrogens is 561 g/mol. The highest BCUT2D eigenvalue weighted by atomic mass is 32.1. The molecule has 0 unspecified atom stereocenters. The van der Waals surface area contributed by atoms with Crippen LogP contribution in [0.1, 0.15) is 51.3 Å². The maximum Gasteiger partial charge on any atom is 0.522 e. The Balaban J connectivity index is 1.20. The number of alkyl halides is 3. The number of thiophene rings is 1. The number of hydrogen-bond donors (Lipinski definition) is 2. The van der Waals surface area contributed by atoms with Crippen LogP contribution in [-0.4, -0.2) is 48.1 Å². The standard InChI is InChI=1S/C26H23F3N8O3S/c1-11-21(12(2)33-25(30)32-11)14-4-5-37-19(8-14)17(10-31-37)23(38)34-18-9-20(41-13(18)3)22-35-24(40-36-22)15-6-16(7-15)39-26(27,28)29/h4-5,8-10,15-16H,6-7H2,1-3H3,(H,34,38)(H2,30,32,33). The van der Waals surface area contributed by atoms with Gasteiger partial charge in [0.1, 0.15) is 0 Å². The number of hydrogen-bond acceptors (Lipinski definition) is 10. The van der Waals surface area contributed by atoms with Gasteiger partial charge >= 0.3 is 6.36 Å². The number of nitrogens with zero attached hydrogens (tertiary/aromatic N) is 6. The summed E-state index contributed by atoms with van der Waals surface area (Å²) in [5, 5.41) is 11.2. The SMILES string of the molecule is Cc1nc(N)nc(C)c1-c1ccn2ncc(C(=O)Nc3cc(-c4noc(C5CC(OC(F)(F)F)C5)n4)sc3C)c2c1. The lowest BCUT2D eigenvalue weighted by molar-refractivity contribution is -0.352. The molecule has 6 rings (SSSR count). The fraction of sp³-hybridized carbons (Fsp3) is 0.308. The molecule has 3 N–H and O–H groups in total. The molecule has 5 heterocycles. The first-order valence-corrected chi connectivity index (χ1v) is 13.4. The van der Waals surface area contributed by atoms with Gasteiger partial charge in [0.05, 0.1) is 45.3 Å². The molecule has 1 fully saturated rings. The van der Waals surface area contributed by atoms with E-state index in [1.165, 1.54) is 17.5 Å². The Morgan fingerprint density at radius 2 is 1.90 bits per heavy atom. The number of amides is 1. The third-order valence-corrected chi connectivity index (χ3v) is 7.96. The van der Waals surface area contributed by atoms with Crippen molar-refractivity contribution >= 4 is 34.4 Å². The van der Waals surface area contributed by atoms with E-state index >= 15 is 0 Å². The van der Waals surface area contributed by atoms with Gasteiger partial charge in [-0.3, -0.25) is 9.53 Å². The zero-order chi connectivity index (χ0) is 29.1. The number of aromatic nitrogens is 6. The molecule has 0 radical (unpaired) electrons. The molecule has 0 bridgehead atoms. The molecule has 1 saturated carbocycles. The molecule has 0 atom stereocenters. The van der Waals surface area contributed by atoms with Gasteiger partial charge in [0, 0.05) is 22.6 Å². The Labute approximate surface area is 234 Å². The monoisotopic (exact) mass is 584 g/mol. The van der Waals surface area contributed by atoms with Gasteiger partial charge in [-0.15, -0.1) is 24.5 Å². The second-order valence-electron chi connectivity index (χ2n) is 9.78. The van der Waals surface area contributed by atoms with Gasteiger partial charge in [-0.2, -0.15) is 10.1 Å². The highest BCUT2D eigenvalue weighted by molar-refractivity contribution is 7.16. The predicted molar refractivity (Wildman–Crippen MR) is 143 cm³/mol. The van der Waals surface area contributed by atoms with Crippen LogP contribution in [0.5, 0.6) is 0 Å². The predicted octanol–water partition coefficient (Wildman–Crippen LogP) is 5.44. The largest absolute Gasteiger partial charge is 0.522 e. The third-order valence-electron chi connectivity index (χ3n) is 6.92. The lowest BCUT2D eigenvalue weighted by atomic mass is 9.82. The summed E-state index contributed by atoms with van der Waals surface area (Å²) in [5.41, 5.74) is 10.4. The Hall–Kier alpha value is -4.37. The normalized spacial score (nSPS) is 17.1. The third kappa shape index (κ3) is 5.25. The summed E-state index contributed by atoms with van der Waals surface area (Å²) < 4.78 is 48.1. The topological polar surface area (TPSA) is 146 Å². The van der Waals surface area contributed by atoms with Gasteiger partial charge in [0.15, 0.2) is 0 Å². The second-order valence-corrected chi connectivity index (χ2v) is 11.0. The van der Waals surface area contributed by atoms with Crippen molar-refractivity contribution in [2.45, 2.75) is 52.0 Å². The number of anilines is 2. The number of halogens is 3. The summed E-state index contributed by atoms with van der Waals surface area (Å²) in [5.74, 6) is 0.106. The number of nitrogen functional groups attached to an aromatic ring is 1. The lowest BCUT2D eigenvalue weighted by Crippen LogP contribution is -2.34. The van der Waals surface area contributed by atoms with E-state index < -0.39 is 12.5 Å². The van der Waals surface area contributed by atoms with Crippen molar-refractivity contribution in [2.75, 3.05) is 11.1 Å². The number of carbonyl (C=O) groups excluding carboxylic acids is 1. The number of aryl methyl sites for hydroxylation is 3. The molecule has 1 aliphatic carbocycles. The number of nitrogens with two attached hydrogens (primary N) is 1. The number of nitrogens with one attached hydrogen (secondary N) is 1. The van der Waals surface area contributed by atoms with Crippen LogP contribution in [0.4, 0.5) is 24.8 Å². The van der Waals surface area contributed by atoms with Gasteiger partial charge in [-0.05, 0) is 57.4 Å². The average Bonchev–Trinajstić information content (AvgIpc) is 3.58. The maximum absolute atomic E-state index is 13.3. The van der Waals surface area contributed by atoms with Crippen molar-refractivity contribution in [3.05, 3.63) is 58.3 Å². The zero-order valence-corrected chi connectivity index (χ0v) is 22.8. The molecule has 41 heavy (non-hydrogen) atoms. The van der Waals surface area contributed by atoms with E-state index in [1.807, 2.05) is 32.9 Å². The zero-order valence-electron chi connectivity index (χ0n) is 22.0. The second kappa shape index (κ2) is 9.92. The highest BCUT2D eigenvalue weighted by Crippen LogP contribution is 2.42. The van der Waals surface area contributed by atoms with Crippen LogP contribution in [0.3, 0.4) is 0 Å². The van der Waals surface area contributed by atoms with Crippen molar-refractivity contribution in [3.8, 4) is 21.8 Å². The number of carbonyl (C=O) groups is 1. The van der Waals surface area contributed by atoms with Crippen molar-refractivity contribution in [3.63, 3.8) is 0 Å². The number of pyridine rings is 1. The molecule has 0 spiro atoms. The Morgan fingerprint density at radius 1 is 1.17 bits per heavy atom. The smallest absolute Gasteiger partial charge is 0.368 e. The first kappa shape index (κ1) is 26.8. The Bertz CT molecular complexity index is 1770. The van der Waals surface area contributed by atoms with E-state index in [4.69, 9.17) is 10.3 Å². The van der Waals surface area contributed by atoms with Crippen LogP contribution < -0.4 is 11.1 Å². The van der Waals surface area contributed by atoms with E-state index in [2.05, 4.69) is 35.3 Å². The van der Waals surface area contributed by atoms with E-state index in [0.717, 1.165) is 27.4 Å². The van der Waals surface area contributed by atoms with E-state index in [9.17, 15) is 18.0 Å². The van der Waals surface area contributed by atoms with Gasteiger partial charge in [0.2, 0.25) is 17.7 Å². The van der Waals surface area contributed by atoms with Crippen molar-refractivity contribution in [1.82, 2.24) is 29.7 Å². The summed E-state index contributed by atoms with van der Waals surface area (Å²) in [6, 6.07) is 5.46. The van der Waals surface area contributed by atoms with Gasteiger partial charge in [-0.1, -0.05) is 5.16 Å². The molecule has 0 saturated heterocycles. The van der Waals surface area contributed by atoms with Crippen molar-refractivity contribution in [1.29, 1.82) is 0 Å². The lowest BCUT2D eigenvalue weighted by Gasteiger charge is -2.32. The molecule has 5 aromatic heterocycles. The van der Waals surface area contributed by atoms with E-state index in [0.29, 0.717) is 27.5 Å². The van der Waals surface area contributed by atoms with Crippen molar-refractivity contribution < 1.29 is 27.2 Å². The number of rotatable bonds is 6. The summed E-state index contributed by atoms with van der Waals surface area (Å²) >= 11 is 1.36. The van der Waals surface area contributed by atoms with Crippen LogP contribution in [0, 0.1) is 20.8 Å². The highest BCUT2D eigenvalue weighted by Gasteiger charge is 2.42. The van der Waals surface area contributed by atoms with Crippen LogP contribution in [0.2, 0.25) is 0 Å². The number of ether oxygens (including phenoxy) is 1. The van der Waals surface area contributed by atoms with Crippen LogP contribution >= 0.6 is 11.3 Å². The van der Waals surface area contributed by atoms with E-state index in [1.54, 1.807) is 16.8 Å². The van der Waals surface area contributed by atoms with Gasteiger partial charge in [0.25, 0.3) is 5.91 Å². The van der Waals surface area contributed by atoms with E-state index in [-0.39, 0.29) is 36.5 Å². The molecule has 1 aliphatic rings. The van der Waals surface area contributed by atoms with Gasteiger partial charge < -0.3 is 15.6 Å². The molecule has 0 aromatic carbocycles. The molecular formula is C26H23F3N8O3S. The fourth-order valence-electron chi connectivity index (χ4n) is 4.93. The quantitative estimate of drug-likeness (QED) is 0.266. The average molecular weight is 585 g/mol.